The summed E-state index contributed by atoms with van der Waals surface area (Å²) < 4.78 is 1.78. The molecule has 3 unspecified atom stereocenters. The van der Waals surface area contributed by atoms with Crippen molar-refractivity contribution in [2.75, 3.05) is 23.7 Å². The highest BCUT2D eigenvalue weighted by molar-refractivity contribution is 5.93. The summed E-state index contributed by atoms with van der Waals surface area (Å²) in [4.78, 5) is 22.5. The molecular formula is C25H30N6O. The maximum atomic E-state index is 11.3. The van der Waals surface area contributed by atoms with Gasteiger partial charge in [0.05, 0.1) is 18.3 Å². The van der Waals surface area contributed by atoms with Crippen molar-refractivity contribution >= 4 is 17.4 Å². The van der Waals surface area contributed by atoms with Gasteiger partial charge in [0.25, 0.3) is 0 Å². The molecule has 166 valence electrons. The van der Waals surface area contributed by atoms with Gasteiger partial charge in [-0.05, 0) is 67.2 Å². The topological polar surface area (TPSA) is 89.9 Å². The van der Waals surface area contributed by atoms with Crippen LogP contribution in [0.2, 0.25) is 0 Å². The Morgan fingerprint density at radius 1 is 1.16 bits per heavy atom. The number of hydrogen-bond acceptors (Lipinski definition) is 6. The number of carbonyl (C=O) groups excluding carboxylic acids is 1. The molecule has 0 radical (unpaired) electrons. The molecule has 3 aromatic rings. The molecule has 6 rings (SSSR count). The van der Waals surface area contributed by atoms with Crippen molar-refractivity contribution in [3.63, 3.8) is 0 Å². The van der Waals surface area contributed by atoms with Crippen LogP contribution >= 0.6 is 0 Å². The van der Waals surface area contributed by atoms with Gasteiger partial charge in [0.2, 0.25) is 0 Å². The molecule has 3 atom stereocenters. The lowest BCUT2D eigenvalue weighted by molar-refractivity contribution is 0.101. The molecule has 0 aromatic carbocycles. The first-order chi connectivity index (χ1) is 15.5. The molecule has 2 N–H and O–H groups in total. The Bertz CT molecular complexity index is 1110. The van der Waals surface area contributed by atoms with E-state index in [0.29, 0.717) is 23.8 Å². The van der Waals surface area contributed by atoms with Gasteiger partial charge in [0.15, 0.2) is 5.78 Å². The number of rotatable bonds is 4. The van der Waals surface area contributed by atoms with Crippen LogP contribution in [-0.2, 0) is 13.0 Å². The van der Waals surface area contributed by atoms with Crippen molar-refractivity contribution in [2.24, 2.45) is 11.8 Å². The summed E-state index contributed by atoms with van der Waals surface area (Å²) >= 11 is 0. The van der Waals surface area contributed by atoms with E-state index in [4.69, 9.17) is 5.73 Å². The molecule has 2 aliphatic carbocycles. The number of nitrogens with zero attached hydrogens (tertiary/aromatic N) is 5. The van der Waals surface area contributed by atoms with Crippen LogP contribution in [0.5, 0.6) is 0 Å². The summed E-state index contributed by atoms with van der Waals surface area (Å²) in [7, 11) is 0. The van der Waals surface area contributed by atoms with Crippen LogP contribution in [-0.4, -0.2) is 38.6 Å². The van der Waals surface area contributed by atoms with Crippen molar-refractivity contribution in [1.82, 2.24) is 19.7 Å². The van der Waals surface area contributed by atoms with Gasteiger partial charge in [-0.25, -0.2) is 9.97 Å². The summed E-state index contributed by atoms with van der Waals surface area (Å²) in [5.74, 6) is 4.29. The summed E-state index contributed by atoms with van der Waals surface area (Å²) in [6, 6.07) is 8.19. The number of nitrogen functional groups attached to an aromatic ring is 1. The second kappa shape index (κ2) is 8.37. The Balaban J connectivity index is 0.000000165. The van der Waals surface area contributed by atoms with Crippen LogP contribution < -0.4 is 10.6 Å². The Labute approximate surface area is 188 Å². The van der Waals surface area contributed by atoms with Crippen LogP contribution in [0.1, 0.15) is 59.8 Å². The fourth-order valence-electron chi connectivity index (χ4n) is 4.79. The smallest absolute Gasteiger partial charge is 0.162 e. The lowest BCUT2D eigenvalue weighted by Crippen LogP contribution is -2.22. The number of nitrogens with two attached hydrogens (primary N) is 1. The van der Waals surface area contributed by atoms with E-state index in [1.54, 1.807) is 24.0 Å². The van der Waals surface area contributed by atoms with Crippen molar-refractivity contribution in [3.05, 3.63) is 65.2 Å². The minimum absolute atomic E-state index is 0.0438. The Morgan fingerprint density at radius 2 is 1.97 bits per heavy atom. The number of fused-ring (bicyclic) bond motifs is 2. The monoisotopic (exact) mass is 430 g/mol. The zero-order valence-electron chi connectivity index (χ0n) is 18.7. The minimum Gasteiger partial charge on any atom is -0.384 e. The number of pyridine rings is 2. The fourth-order valence-corrected chi connectivity index (χ4v) is 4.79. The van der Waals surface area contributed by atoms with E-state index < -0.39 is 0 Å². The van der Waals surface area contributed by atoms with Crippen LogP contribution in [0.25, 0.3) is 0 Å². The third-order valence-corrected chi connectivity index (χ3v) is 6.87. The molecule has 0 spiro atoms. The number of ketones is 1. The number of carbonyl (C=O) groups is 1. The number of piperidine rings is 1. The van der Waals surface area contributed by atoms with Gasteiger partial charge in [0.1, 0.15) is 11.6 Å². The Morgan fingerprint density at radius 3 is 2.66 bits per heavy atom. The molecule has 3 aromatic heterocycles. The van der Waals surface area contributed by atoms with E-state index in [-0.39, 0.29) is 5.78 Å². The molecule has 7 nitrogen and oxygen atoms in total. The van der Waals surface area contributed by atoms with E-state index in [0.717, 1.165) is 42.7 Å². The molecule has 3 aliphatic rings. The number of hydrogen-bond donors (Lipinski definition) is 1. The number of aromatic nitrogens is 4. The Hall–Kier alpha value is -3.22. The zero-order valence-corrected chi connectivity index (χ0v) is 18.7. The second-order valence-electron chi connectivity index (χ2n) is 9.38. The molecule has 4 heterocycles. The van der Waals surface area contributed by atoms with Crippen LogP contribution in [0.15, 0.2) is 42.9 Å². The van der Waals surface area contributed by atoms with Gasteiger partial charge in [-0.3, -0.25) is 9.48 Å². The van der Waals surface area contributed by atoms with E-state index in [1.165, 1.54) is 24.1 Å². The largest absolute Gasteiger partial charge is 0.384 e. The average molecular weight is 431 g/mol. The van der Waals surface area contributed by atoms with Gasteiger partial charge in [-0.2, -0.15) is 5.10 Å². The first-order valence-corrected chi connectivity index (χ1v) is 11.4. The third-order valence-electron chi connectivity index (χ3n) is 6.87. The predicted molar refractivity (Wildman–Crippen MR) is 125 cm³/mol. The second-order valence-corrected chi connectivity index (χ2v) is 9.38. The lowest BCUT2D eigenvalue weighted by Gasteiger charge is -2.18. The fraction of sp³-hybridized carbons (Fsp3) is 0.440. The highest BCUT2D eigenvalue weighted by Gasteiger charge is 2.45. The molecule has 32 heavy (non-hydrogen) atoms. The molecule has 2 fully saturated rings. The summed E-state index contributed by atoms with van der Waals surface area (Å²) in [5, 5.41) is 4.21. The molecule has 1 aliphatic heterocycles. The van der Waals surface area contributed by atoms with Crippen molar-refractivity contribution in [3.8, 4) is 0 Å². The first-order valence-electron chi connectivity index (χ1n) is 11.4. The average Bonchev–Trinajstić information content (AvgIpc) is 3.14. The zero-order chi connectivity index (χ0) is 22.2. The SMILES string of the molecule is CC(=O)c1cnn(Cc2ccc(N3CC4CC4C3)nc2)c1.CC1CCc2nc(N)ccc21. The molecule has 1 saturated carbocycles. The highest BCUT2D eigenvalue weighted by Crippen LogP contribution is 2.45. The van der Waals surface area contributed by atoms with Crippen molar-refractivity contribution < 1.29 is 4.79 Å². The number of aryl methyl sites for hydroxylation is 1. The van der Waals surface area contributed by atoms with Crippen LogP contribution in [0.3, 0.4) is 0 Å². The summed E-state index contributed by atoms with van der Waals surface area (Å²) in [5.41, 5.74) is 9.91. The van der Waals surface area contributed by atoms with E-state index >= 15 is 0 Å². The Kier molecular flexibility index (Phi) is 5.41. The number of Topliss-reactive ketones (excluding diaryl/α,β-unsaturated/α-hetero) is 1. The standard InChI is InChI=1S/C16H18N4O.C9H12N2/c1-11(21)15-6-18-20(10-15)7-12-2-3-16(17-5-12)19-8-13-4-14(13)9-19;1-6-2-4-8-7(6)3-5-9(10)11-8/h2-3,5-6,10,13-14H,4,7-9H2,1H3;3,5-6H,2,4H2,1H3,(H2,10,11). The molecule has 0 amide bonds. The normalized spacial score (nSPS) is 22.7. The van der Waals surface area contributed by atoms with E-state index in [1.807, 2.05) is 12.3 Å². The third kappa shape index (κ3) is 4.38. The maximum Gasteiger partial charge on any atom is 0.162 e. The molecule has 7 heteroatoms. The van der Waals surface area contributed by atoms with Crippen molar-refractivity contribution in [1.29, 1.82) is 0 Å². The van der Waals surface area contributed by atoms with Gasteiger partial charge in [-0.15, -0.1) is 0 Å². The summed E-state index contributed by atoms with van der Waals surface area (Å²) in [6.07, 6.45) is 9.04. The quantitative estimate of drug-likeness (QED) is 0.635. The van der Waals surface area contributed by atoms with Crippen molar-refractivity contribution in [2.45, 2.75) is 45.6 Å². The van der Waals surface area contributed by atoms with Gasteiger partial charge >= 0.3 is 0 Å². The minimum atomic E-state index is 0.0438. The maximum absolute atomic E-state index is 11.3. The summed E-state index contributed by atoms with van der Waals surface area (Å²) in [6.45, 7) is 6.77. The first kappa shape index (κ1) is 20.7. The lowest BCUT2D eigenvalue weighted by atomic mass is 10.1. The van der Waals surface area contributed by atoms with E-state index in [9.17, 15) is 4.79 Å². The molecular weight excluding hydrogens is 400 g/mol. The van der Waals surface area contributed by atoms with Gasteiger partial charge in [0, 0.05) is 31.2 Å². The molecule has 1 saturated heterocycles. The van der Waals surface area contributed by atoms with Gasteiger partial charge in [-0.1, -0.05) is 19.1 Å². The van der Waals surface area contributed by atoms with Gasteiger partial charge < -0.3 is 10.6 Å². The van der Waals surface area contributed by atoms with E-state index in [2.05, 4.69) is 45.1 Å². The predicted octanol–water partition coefficient (Wildman–Crippen LogP) is 3.70. The number of anilines is 2. The highest BCUT2D eigenvalue weighted by atomic mass is 16.1. The molecule has 0 bridgehead atoms. The van der Waals surface area contributed by atoms with Crippen LogP contribution in [0.4, 0.5) is 11.6 Å². The van der Waals surface area contributed by atoms with Crippen LogP contribution in [0, 0.1) is 11.8 Å².